The van der Waals surface area contributed by atoms with Gasteiger partial charge in [-0.3, -0.25) is 0 Å². The molecule has 2 unspecified atom stereocenters. The Morgan fingerprint density at radius 3 is 2.23 bits per heavy atom. The molecule has 0 spiro atoms. The van der Waals surface area contributed by atoms with Gasteiger partial charge in [-0.15, -0.1) is 0 Å². The fraction of sp³-hybridized carbons (Fsp3) is 0.475. The zero-order valence-electron chi connectivity index (χ0n) is 29.2. The molecule has 2 aromatic rings. The molecule has 3 aliphatic rings. The molecule has 1 aliphatic carbocycles. The minimum absolute atomic E-state index is 0.114. The van der Waals surface area contributed by atoms with Crippen molar-refractivity contribution in [1.82, 2.24) is 0 Å². The van der Waals surface area contributed by atoms with Crippen LogP contribution in [0.3, 0.4) is 0 Å². The van der Waals surface area contributed by atoms with Gasteiger partial charge < -0.3 is 14.4 Å². The summed E-state index contributed by atoms with van der Waals surface area (Å²) in [7, 11) is 3.49. The molecule has 7 heteroatoms. The van der Waals surface area contributed by atoms with Crippen molar-refractivity contribution in [1.29, 1.82) is 0 Å². The van der Waals surface area contributed by atoms with Crippen LogP contribution in [-0.4, -0.2) is 49.8 Å². The van der Waals surface area contributed by atoms with Crippen molar-refractivity contribution in [2.24, 2.45) is 0 Å². The predicted octanol–water partition coefficient (Wildman–Crippen LogP) is 10.8. The lowest BCUT2D eigenvalue weighted by Gasteiger charge is -2.28. The minimum Gasteiger partial charge on any atom is -0.382 e. The van der Waals surface area contributed by atoms with Gasteiger partial charge in [0.1, 0.15) is 5.83 Å². The lowest BCUT2D eigenvalue weighted by molar-refractivity contribution is -0.440. The van der Waals surface area contributed by atoms with Gasteiger partial charge in [0.15, 0.2) is 12.3 Å². The maximum atomic E-state index is 16.3. The van der Waals surface area contributed by atoms with Crippen LogP contribution in [0.1, 0.15) is 84.8 Å². The highest BCUT2D eigenvalue weighted by molar-refractivity contribution is 6.31. The number of anilines is 1. The standard InChI is InChI=1S/C40H50Cl2FN2O2/c1-26(46-7)20-22-44-34-24-30(41)14-16-32(34)39(3,4)36(44)18-12-28-10-9-11-29(38(28)43)13-19-37-40(5,6)33-17-15-31(42)25-35(33)45(37)23-21-27(2)47-8/h12-19,24-27H,9-11,20-23H2,1-8H3/q+1. The van der Waals surface area contributed by atoms with E-state index in [-0.39, 0.29) is 28.9 Å². The van der Waals surface area contributed by atoms with E-state index in [0.717, 1.165) is 66.3 Å². The van der Waals surface area contributed by atoms with Crippen molar-refractivity contribution in [2.45, 2.75) is 96.7 Å². The molecule has 252 valence electrons. The van der Waals surface area contributed by atoms with Crippen molar-refractivity contribution in [3.05, 3.63) is 105 Å². The predicted molar refractivity (Wildman–Crippen MR) is 196 cm³/mol. The van der Waals surface area contributed by atoms with Crippen LogP contribution in [0.25, 0.3) is 0 Å². The average Bonchev–Trinajstić information content (AvgIpc) is 3.37. The van der Waals surface area contributed by atoms with Crippen molar-refractivity contribution in [2.75, 3.05) is 32.2 Å². The van der Waals surface area contributed by atoms with Crippen molar-refractivity contribution in [3.8, 4) is 0 Å². The Hall–Kier alpha value is -2.70. The summed E-state index contributed by atoms with van der Waals surface area (Å²) in [4.78, 5) is 2.33. The van der Waals surface area contributed by atoms with Crippen LogP contribution < -0.4 is 4.90 Å². The maximum absolute atomic E-state index is 16.3. The van der Waals surface area contributed by atoms with E-state index >= 15 is 4.39 Å². The van der Waals surface area contributed by atoms with Crippen LogP contribution in [0, 0.1) is 0 Å². The third-order valence-electron chi connectivity index (χ3n) is 10.4. The van der Waals surface area contributed by atoms with E-state index in [9.17, 15) is 0 Å². The number of hydrogen-bond donors (Lipinski definition) is 0. The van der Waals surface area contributed by atoms with E-state index in [0.29, 0.717) is 22.9 Å². The third-order valence-corrected chi connectivity index (χ3v) is 10.8. The summed E-state index contributed by atoms with van der Waals surface area (Å²) in [5.74, 6) is -0.114. The van der Waals surface area contributed by atoms with Crippen LogP contribution in [0.4, 0.5) is 15.8 Å². The van der Waals surface area contributed by atoms with E-state index in [1.165, 1.54) is 11.1 Å². The first-order valence-corrected chi connectivity index (χ1v) is 17.6. The summed E-state index contributed by atoms with van der Waals surface area (Å²) < 4.78 is 29.8. The molecule has 0 amide bonds. The Balaban J connectivity index is 1.50. The largest absolute Gasteiger partial charge is 0.382 e. The number of halogens is 3. The van der Waals surface area contributed by atoms with E-state index in [1.807, 2.05) is 36.4 Å². The molecule has 0 radical (unpaired) electrons. The first-order chi connectivity index (χ1) is 22.3. The number of allylic oxidation sites excluding steroid dienone is 8. The molecule has 4 nitrogen and oxygen atoms in total. The molecule has 0 saturated heterocycles. The van der Waals surface area contributed by atoms with Gasteiger partial charge >= 0.3 is 0 Å². The third kappa shape index (κ3) is 7.20. The fourth-order valence-electron chi connectivity index (χ4n) is 7.23. The molecule has 0 aromatic heterocycles. The topological polar surface area (TPSA) is 24.7 Å². The quantitative estimate of drug-likeness (QED) is 0.221. The van der Waals surface area contributed by atoms with Crippen LogP contribution in [-0.2, 0) is 20.3 Å². The summed E-state index contributed by atoms with van der Waals surface area (Å²) in [6.45, 7) is 14.7. The van der Waals surface area contributed by atoms with Gasteiger partial charge in [0, 0.05) is 71.7 Å². The molecule has 0 N–H and O–H groups in total. The number of hydrogen-bond acceptors (Lipinski definition) is 3. The van der Waals surface area contributed by atoms with Crippen molar-refractivity contribution >= 4 is 40.3 Å². The second-order valence-corrected chi connectivity index (χ2v) is 15.1. The van der Waals surface area contributed by atoms with Crippen LogP contribution >= 0.6 is 23.2 Å². The number of rotatable bonds is 11. The molecule has 2 atom stereocenters. The zero-order chi connectivity index (χ0) is 34.1. The van der Waals surface area contributed by atoms with Gasteiger partial charge in [0.25, 0.3) is 0 Å². The fourth-order valence-corrected chi connectivity index (χ4v) is 7.56. The highest BCUT2D eigenvalue weighted by Crippen LogP contribution is 2.49. The number of fused-ring (bicyclic) bond motifs is 2. The second kappa shape index (κ2) is 14.4. The van der Waals surface area contributed by atoms with Gasteiger partial charge in [-0.05, 0) is 107 Å². The van der Waals surface area contributed by atoms with Gasteiger partial charge in [0.05, 0.1) is 17.6 Å². The second-order valence-electron chi connectivity index (χ2n) is 14.2. The molecule has 2 aliphatic heterocycles. The summed E-state index contributed by atoms with van der Waals surface area (Å²) in [5, 5.41) is 1.42. The monoisotopic (exact) mass is 679 g/mol. The highest BCUT2D eigenvalue weighted by atomic mass is 35.5. The zero-order valence-corrected chi connectivity index (χ0v) is 30.7. The van der Waals surface area contributed by atoms with Crippen LogP contribution in [0.15, 0.2) is 83.4 Å². The Kier molecular flexibility index (Phi) is 10.9. The van der Waals surface area contributed by atoms with E-state index < -0.39 is 0 Å². The van der Waals surface area contributed by atoms with Crippen LogP contribution in [0.2, 0.25) is 10.0 Å². The SMILES string of the molecule is COC(C)CCN1/C(=C/C=C2\CCCC(/C=C/C3=[N+](CCC(C)OC)c4cc(Cl)ccc4C3(C)C)=C2F)C(C)(C)c2ccc(Cl)cc21. The van der Waals surface area contributed by atoms with Crippen molar-refractivity contribution in [3.63, 3.8) is 0 Å². The highest BCUT2D eigenvalue weighted by Gasteiger charge is 2.44. The first-order valence-electron chi connectivity index (χ1n) is 16.9. The Morgan fingerprint density at radius 1 is 0.872 bits per heavy atom. The average molecular weight is 681 g/mol. The first kappa shape index (κ1) is 35.6. The summed E-state index contributed by atoms with van der Waals surface area (Å²) >= 11 is 12.9. The molecular formula is C40H50Cl2FN2O2+. The van der Waals surface area contributed by atoms with Gasteiger partial charge in [-0.2, -0.15) is 4.58 Å². The molecule has 0 fully saturated rings. The molecule has 0 bridgehead atoms. The van der Waals surface area contributed by atoms with Gasteiger partial charge in [-0.25, -0.2) is 4.39 Å². The molecule has 2 aromatic carbocycles. The summed E-state index contributed by atoms with van der Waals surface area (Å²) in [6, 6.07) is 12.2. The number of methoxy groups -OCH3 is 2. The molecule has 47 heavy (non-hydrogen) atoms. The molecular weight excluding hydrogens is 630 g/mol. The molecule has 0 saturated carbocycles. The van der Waals surface area contributed by atoms with Gasteiger partial charge in [0.2, 0.25) is 5.69 Å². The van der Waals surface area contributed by atoms with E-state index in [4.69, 9.17) is 32.7 Å². The Bertz CT molecular complexity index is 1670. The number of ether oxygens (including phenoxy) is 2. The smallest absolute Gasteiger partial charge is 0.211 e. The van der Waals surface area contributed by atoms with E-state index in [1.54, 1.807) is 14.2 Å². The minimum atomic E-state index is -0.253. The van der Waals surface area contributed by atoms with E-state index in [2.05, 4.69) is 75.3 Å². The van der Waals surface area contributed by atoms with Crippen molar-refractivity contribution < 1.29 is 18.4 Å². The normalized spacial score (nSPS) is 21.7. The maximum Gasteiger partial charge on any atom is 0.211 e. The number of nitrogens with zero attached hydrogens (tertiary/aromatic N) is 2. The number of benzene rings is 2. The summed E-state index contributed by atoms with van der Waals surface area (Å²) in [6.07, 6.45) is 12.6. The lowest BCUT2D eigenvalue weighted by Crippen LogP contribution is -2.28. The Morgan fingerprint density at radius 2 is 1.53 bits per heavy atom. The summed E-state index contributed by atoms with van der Waals surface area (Å²) in [5.41, 5.74) is 7.94. The lowest BCUT2D eigenvalue weighted by atomic mass is 9.81. The van der Waals surface area contributed by atoms with Crippen LogP contribution in [0.5, 0.6) is 0 Å². The Labute approximate surface area is 291 Å². The molecule has 2 heterocycles. The van der Waals surface area contributed by atoms with Gasteiger partial charge in [-0.1, -0.05) is 49.2 Å². The molecule has 5 rings (SSSR count).